The molecule has 2 saturated carbocycles. The van der Waals surface area contributed by atoms with Crippen LogP contribution >= 0.6 is 11.8 Å². The van der Waals surface area contributed by atoms with Gasteiger partial charge in [0.25, 0.3) is 5.91 Å². The van der Waals surface area contributed by atoms with Crippen LogP contribution in [-0.2, 0) is 4.79 Å². The molecule has 5 rings (SSSR count). The maximum Gasteiger partial charge on any atom is 0.266 e. The van der Waals surface area contributed by atoms with Crippen LogP contribution in [0.15, 0.2) is 34.2 Å². The van der Waals surface area contributed by atoms with E-state index in [0.29, 0.717) is 12.1 Å². The van der Waals surface area contributed by atoms with Gasteiger partial charge in [-0.05, 0) is 80.5 Å². The maximum atomic E-state index is 13.5. The second kappa shape index (κ2) is 10.5. The van der Waals surface area contributed by atoms with Gasteiger partial charge < -0.3 is 4.90 Å². The minimum Gasteiger partial charge on any atom is -0.372 e. The first-order chi connectivity index (χ1) is 15.8. The van der Waals surface area contributed by atoms with E-state index in [9.17, 15) is 4.79 Å². The molecule has 1 aromatic carbocycles. The number of anilines is 1. The molecular formula is C27H37N3OS. The lowest BCUT2D eigenvalue weighted by molar-refractivity contribution is -0.124. The van der Waals surface area contributed by atoms with Crippen LogP contribution in [-0.4, -0.2) is 41.1 Å². The summed E-state index contributed by atoms with van der Waals surface area (Å²) in [6, 6.07) is 9.51. The van der Waals surface area contributed by atoms with Crippen molar-refractivity contribution in [2.45, 2.75) is 95.6 Å². The fourth-order valence-corrected chi connectivity index (χ4v) is 6.80. The number of carbonyl (C=O) groups is 1. The molecule has 2 saturated heterocycles. The second-order valence-corrected chi connectivity index (χ2v) is 10.9. The third-order valence-electron chi connectivity index (χ3n) is 7.56. The van der Waals surface area contributed by atoms with Crippen LogP contribution in [0.25, 0.3) is 6.08 Å². The van der Waals surface area contributed by atoms with Gasteiger partial charge in [-0.1, -0.05) is 50.7 Å². The normalized spacial score (nSPS) is 26.4. The fourth-order valence-electron chi connectivity index (χ4n) is 5.69. The van der Waals surface area contributed by atoms with Gasteiger partial charge >= 0.3 is 0 Å². The molecule has 0 bridgehead atoms. The molecule has 4 fully saturated rings. The Balaban J connectivity index is 1.36. The monoisotopic (exact) mass is 451 g/mol. The first kappa shape index (κ1) is 22.1. The molecule has 0 radical (unpaired) electrons. The highest BCUT2D eigenvalue weighted by Crippen LogP contribution is 2.38. The van der Waals surface area contributed by atoms with Crippen molar-refractivity contribution in [2.75, 3.05) is 18.0 Å². The fraction of sp³-hybridized carbons (Fsp3) is 0.630. The summed E-state index contributed by atoms with van der Waals surface area (Å²) in [5.74, 6) is 0.177. The van der Waals surface area contributed by atoms with E-state index in [2.05, 4.69) is 40.1 Å². The highest BCUT2D eigenvalue weighted by molar-refractivity contribution is 8.18. The van der Waals surface area contributed by atoms with Crippen LogP contribution in [0.2, 0.25) is 0 Å². The number of rotatable bonds is 4. The number of hydrogen-bond acceptors (Lipinski definition) is 4. The summed E-state index contributed by atoms with van der Waals surface area (Å²) in [6.45, 7) is 2.32. The van der Waals surface area contributed by atoms with Crippen LogP contribution in [0.1, 0.15) is 89.0 Å². The predicted molar refractivity (Wildman–Crippen MR) is 136 cm³/mol. The molecule has 2 aliphatic heterocycles. The van der Waals surface area contributed by atoms with E-state index in [1.807, 2.05) is 0 Å². The van der Waals surface area contributed by atoms with Crippen LogP contribution in [0, 0.1) is 0 Å². The van der Waals surface area contributed by atoms with Crippen LogP contribution < -0.4 is 4.90 Å². The highest BCUT2D eigenvalue weighted by Gasteiger charge is 2.39. The number of piperidine rings is 1. The second-order valence-electron chi connectivity index (χ2n) is 9.92. The van der Waals surface area contributed by atoms with Gasteiger partial charge in [0.2, 0.25) is 0 Å². The predicted octanol–water partition coefficient (Wildman–Crippen LogP) is 6.61. The topological polar surface area (TPSA) is 35.9 Å². The van der Waals surface area contributed by atoms with Crippen LogP contribution in [0.3, 0.4) is 0 Å². The number of thioether (sulfide) groups is 1. The van der Waals surface area contributed by atoms with Gasteiger partial charge in [-0.25, -0.2) is 0 Å². The van der Waals surface area contributed by atoms with Crippen LogP contribution in [0.4, 0.5) is 5.69 Å². The van der Waals surface area contributed by atoms with E-state index in [1.165, 1.54) is 76.3 Å². The summed E-state index contributed by atoms with van der Waals surface area (Å²) in [5, 5.41) is 0.977. The Labute approximate surface area is 197 Å². The molecule has 0 N–H and O–H groups in total. The molecular weight excluding hydrogens is 414 g/mol. The minimum atomic E-state index is 0.177. The number of nitrogens with zero attached hydrogens (tertiary/aromatic N) is 3. The third kappa shape index (κ3) is 5.08. The SMILES string of the molecule is O=C1C(=Cc2ccc(N3CCCCC3)cc2)SC(=NC2CCCCC2)N1C1CCCCC1. The molecule has 4 nitrogen and oxygen atoms in total. The number of hydrogen-bond donors (Lipinski definition) is 0. The van der Waals surface area contributed by atoms with E-state index in [0.717, 1.165) is 41.6 Å². The van der Waals surface area contributed by atoms with Gasteiger partial charge in [0.15, 0.2) is 5.17 Å². The van der Waals surface area contributed by atoms with Crippen molar-refractivity contribution in [2.24, 2.45) is 4.99 Å². The Morgan fingerprint density at radius 1 is 0.812 bits per heavy atom. The molecule has 32 heavy (non-hydrogen) atoms. The van der Waals surface area contributed by atoms with Gasteiger partial charge in [0.1, 0.15) is 0 Å². The molecule has 0 aromatic heterocycles. The third-order valence-corrected chi connectivity index (χ3v) is 8.55. The minimum absolute atomic E-state index is 0.177. The van der Waals surface area contributed by atoms with Crippen molar-refractivity contribution in [1.82, 2.24) is 4.90 Å². The lowest BCUT2D eigenvalue weighted by Gasteiger charge is -2.31. The molecule has 1 amide bonds. The molecule has 5 heteroatoms. The zero-order valence-corrected chi connectivity index (χ0v) is 20.1. The van der Waals surface area contributed by atoms with E-state index < -0.39 is 0 Å². The zero-order valence-electron chi connectivity index (χ0n) is 19.3. The molecule has 0 spiro atoms. The van der Waals surface area contributed by atoms with E-state index in [-0.39, 0.29) is 5.91 Å². The molecule has 1 aromatic rings. The van der Waals surface area contributed by atoms with E-state index >= 15 is 0 Å². The standard InChI is InChI=1S/C27H37N3OS/c31-26-25(20-21-14-16-23(17-15-21)29-18-8-3-9-19-29)32-27(28-22-10-4-1-5-11-22)30(26)24-12-6-2-7-13-24/h14-17,20,22,24H,1-13,18-19H2. The largest absolute Gasteiger partial charge is 0.372 e. The van der Waals surface area contributed by atoms with Crippen molar-refractivity contribution in [1.29, 1.82) is 0 Å². The smallest absolute Gasteiger partial charge is 0.266 e. The van der Waals surface area contributed by atoms with Crippen molar-refractivity contribution in [3.8, 4) is 0 Å². The summed E-state index contributed by atoms with van der Waals surface area (Å²) in [6.07, 6.45) is 18.2. The van der Waals surface area contributed by atoms with E-state index in [1.54, 1.807) is 11.8 Å². The molecule has 0 atom stereocenters. The van der Waals surface area contributed by atoms with Crippen molar-refractivity contribution < 1.29 is 4.79 Å². The quantitative estimate of drug-likeness (QED) is 0.483. The molecule has 4 aliphatic rings. The molecule has 0 unspecified atom stereocenters. The Morgan fingerprint density at radius 3 is 2.12 bits per heavy atom. The van der Waals surface area contributed by atoms with Gasteiger partial charge in [0, 0.05) is 24.8 Å². The Kier molecular flexibility index (Phi) is 7.21. The first-order valence-corrected chi connectivity index (χ1v) is 13.8. The number of benzene rings is 1. The number of amides is 1. The molecule has 2 aliphatic carbocycles. The summed E-state index contributed by atoms with van der Waals surface area (Å²) in [5.41, 5.74) is 2.42. The summed E-state index contributed by atoms with van der Waals surface area (Å²) >= 11 is 1.62. The average Bonchev–Trinajstić information content (AvgIpc) is 3.15. The Hall–Kier alpha value is -1.75. The Morgan fingerprint density at radius 2 is 1.44 bits per heavy atom. The number of aliphatic imine (C=N–C) groups is 1. The van der Waals surface area contributed by atoms with E-state index in [4.69, 9.17) is 4.99 Å². The first-order valence-electron chi connectivity index (χ1n) is 12.9. The molecule has 172 valence electrons. The van der Waals surface area contributed by atoms with Gasteiger partial charge in [0.05, 0.1) is 10.9 Å². The highest BCUT2D eigenvalue weighted by atomic mass is 32.2. The van der Waals surface area contributed by atoms with Crippen molar-refractivity contribution >= 4 is 34.6 Å². The van der Waals surface area contributed by atoms with Crippen molar-refractivity contribution in [3.05, 3.63) is 34.7 Å². The lowest BCUT2D eigenvalue weighted by atomic mass is 9.94. The van der Waals surface area contributed by atoms with Crippen LogP contribution in [0.5, 0.6) is 0 Å². The summed E-state index contributed by atoms with van der Waals surface area (Å²) < 4.78 is 0. The average molecular weight is 452 g/mol. The van der Waals surface area contributed by atoms with Gasteiger partial charge in [-0.15, -0.1) is 0 Å². The van der Waals surface area contributed by atoms with Gasteiger partial charge in [-0.3, -0.25) is 14.7 Å². The maximum absolute atomic E-state index is 13.5. The number of carbonyl (C=O) groups excluding carboxylic acids is 1. The van der Waals surface area contributed by atoms with Crippen molar-refractivity contribution in [3.63, 3.8) is 0 Å². The summed E-state index contributed by atoms with van der Waals surface area (Å²) in [7, 11) is 0. The Bertz CT molecular complexity index is 844. The summed E-state index contributed by atoms with van der Waals surface area (Å²) in [4.78, 5) is 24.1. The van der Waals surface area contributed by atoms with Gasteiger partial charge in [-0.2, -0.15) is 0 Å². The molecule has 2 heterocycles. The lowest BCUT2D eigenvalue weighted by Crippen LogP contribution is -2.41. The zero-order chi connectivity index (χ0) is 21.8. The number of amidine groups is 1.